The van der Waals surface area contributed by atoms with Gasteiger partial charge in [-0.25, -0.2) is 0 Å². The molecule has 1 aromatic heterocycles. The van der Waals surface area contributed by atoms with Crippen molar-refractivity contribution in [1.82, 2.24) is 9.78 Å². The number of ether oxygens (including phenoxy) is 1. The molecular formula is C15H25ClN2O2. The summed E-state index contributed by atoms with van der Waals surface area (Å²) < 4.78 is 7.38. The molecule has 0 radical (unpaired) electrons. The Morgan fingerprint density at radius 3 is 2.55 bits per heavy atom. The van der Waals surface area contributed by atoms with Crippen molar-refractivity contribution in [2.75, 3.05) is 7.11 Å². The van der Waals surface area contributed by atoms with Crippen molar-refractivity contribution in [3.63, 3.8) is 0 Å². The lowest BCUT2D eigenvalue weighted by molar-refractivity contribution is -0.127. The van der Waals surface area contributed by atoms with E-state index >= 15 is 0 Å². The van der Waals surface area contributed by atoms with Crippen molar-refractivity contribution in [3.05, 3.63) is 16.4 Å². The van der Waals surface area contributed by atoms with Crippen molar-refractivity contribution in [2.45, 2.75) is 57.7 Å². The van der Waals surface area contributed by atoms with E-state index in [1.165, 1.54) is 0 Å². The molecule has 0 bridgehead atoms. The zero-order chi connectivity index (χ0) is 14.9. The fraction of sp³-hybridized carbons (Fsp3) is 0.800. The summed E-state index contributed by atoms with van der Waals surface area (Å²) in [6, 6.07) is 0. The first-order valence-corrected chi connectivity index (χ1v) is 7.68. The summed E-state index contributed by atoms with van der Waals surface area (Å²) in [5.74, 6) is 0.717. The van der Waals surface area contributed by atoms with Crippen LogP contribution in [0.1, 0.15) is 43.9 Å². The molecule has 0 aliphatic heterocycles. The van der Waals surface area contributed by atoms with Gasteiger partial charge >= 0.3 is 0 Å². The van der Waals surface area contributed by atoms with Crippen LogP contribution in [0.5, 0.6) is 0 Å². The maximum Gasteiger partial charge on any atom is 0.130 e. The number of methoxy groups -OCH3 is 1. The minimum atomic E-state index is -0.541. The van der Waals surface area contributed by atoms with Gasteiger partial charge in [-0.05, 0) is 38.5 Å². The minimum absolute atomic E-state index is 0.432. The Labute approximate surface area is 126 Å². The normalized spacial score (nSPS) is 28.6. The van der Waals surface area contributed by atoms with E-state index in [1.54, 1.807) is 11.8 Å². The molecule has 1 heterocycles. The first kappa shape index (κ1) is 15.8. The third-order valence-electron chi connectivity index (χ3n) is 4.80. The third kappa shape index (κ3) is 2.87. The van der Waals surface area contributed by atoms with Crippen LogP contribution in [0.4, 0.5) is 0 Å². The second-order valence-corrected chi connectivity index (χ2v) is 6.51. The molecule has 5 heteroatoms. The van der Waals surface area contributed by atoms with Gasteiger partial charge in [-0.15, -0.1) is 0 Å². The SMILES string of the molecule is COC1(C(O)Cc2c(C)nn(C)c2Cl)CCC(C)CC1. The molecule has 1 aliphatic carbocycles. The number of nitrogens with zero attached hydrogens (tertiary/aromatic N) is 2. The van der Waals surface area contributed by atoms with Crippen LogP contribution >= 0.6 is 11.6 Å². The Balaban J connectivity index is 2.15. The predicted octanol–water partition coefficient (Wildman–Crippen LogP) is 2.88. The number of hydrogen-bond acceptors (Lipinski definition) is 3. The van der Waals surface area contributed by atoms with Crippen molar-refractivity contribution in [2.24, 2.45) is 13.0 Å². The van der Waals surface area contributed by atoms with Crippen molar-refractivity contribution in [3.8, 4) is 0 Å². The maximum absolute atomic E-state index is 10.7. The smallest absolute Gasteiger partial charge is 0.130 e. The molecule has 1 unspecified atom stereocenters. The highest BCUT2D eigenvalue weighted by Crippen LogP contribution is 2.38. The fourth-order valence-corrected chi connectivity index (χ4v) is 3.46. The quantitative estimate of drug-likeness (QED) is 0.930. The lowest BCUT2D eigenvalue weighted by atomic mass is 9.75. The van der Waals surface area contributed by atoms with Gasteiger partial charge in [0.2, 0.25) is 0 Å². The average Bonchev–Trinajstić information content (AvgIpc) is 2.66. The highest BCUT2D eigenvalue weighted by atomic mass is 35.5. The molecule has 4 nitrogen and oxygen atoms in total. The number of rotatable bonds is 4. The molecule has 0 amide bonds. The standard InChI is InChI=1S/C15H25ClN2O2/c1-10-5-7-15(20-4,8-6-10)13(19)9-12-11(2)17-18(3)14(12)16/h10,13,19H,5-9H2,1-4H3. The number of aromatic nitrogens is 2. The van der Waals surface area contributed by atoms with Crippen molar-refractivity contribution < 1.29 is 9.84 Å². The Hall–Kier alpha value is -0.580. The molecule has 1 atom stereocenters. The monoisotopic (exact) mass is 300 g/mol. The first-order chi connectivity index (χ1) is 9.39. The fourth-order valence-electron chi connectivity index (χ4n) is 3.21. The van der Waals surface area contributed by atoms with Crippen LogP contribution < -0.4 is 0 Å². The lowest BCUT2D eigenvalue weighted by Gasteiger charge is -2.41. The summed E-state index contributed by atoms with van der Waals surface area (Å²) in [6.45, 7) is 4.18. The molecule has 1 aliphatic rings. The number of aryl methyl sites for hydroxylation is 2. The highest BCUT2D eigenvalue weighted by Gasteiger charge is 2.41. The summed E-state index contributed by atoms with van der Waals surface area (Å²) in [7, 11) is 3.52. The van der Waals surface area contributed by atoms with E-state index in [0.717, 1.165) is 36.9 Å². The van der Waals surface area contributed by atoms with E-state index in [4.69, 9.17) is 16.3 Å². The zero-order valence-corrected chi connectivity index (χ0v) is 13.6. The molecule has 0 aromatic carbocycles. The molecule has 114 valence electrons. The van der Waals surface area contributed by atoms with Crippen LogP contribution in [0.3, 0.4) is 0 Å². The minimum Gasteiger partial charge on any atom is -0.390 e. The Morgan fingerprint density at radius 2 is 2.10 bits per heavy atom. The topological polar surface area (TPSA) is 47.3 Å². The van der Waals surface area contributed by atoms with Crippen molar-refractivity contribution >= 4 is 11.6 Å². The van der Waals surface area contributed by atoms with Gasteiger partial charge < -0.3 is 9.84 Å². The Morgan fingerprint density at radius 1 is 1.50 bits per heavy atom. The van der Waals surface area contributed by atoms with E-state index in [9.17, 15) is 5.11 Å². The largest absolute Gasteiger partial charge is 0.390 e. The number of halogens is 1. The van der Waals surface area contributed by atoms with E-state index < -0.39 is 11.7 Å². The number of aliphatic hydroxyl groups is 1. The van der Waals surface area contributed by atoms with Gasteiger partial charge in [0.15, 0.2) is 0 Å². The maximum atomic E-state index is 10.7. The van der Waals surface area contributed by atoms with Gasteiger partial charge in [-0.1, -0.05) is 18.5 Å². The molecular weight excluding hydrogens is 276 g/mol. The summed E-state index contributed by atoms with van der Waals surface area (Å²) >= 11 is 6.26. The van der Waals surface area contributed by atoms with Gasteiger partial charge in [0.1, 0.15) is 5.15 Å². The van der Waals surface area contributed by atoms with Crippen LogP contribution in [0, 0.1) is 12.8 Å². The van der Waals surface area contributed by atoms with Gasteiger partial charge in [-0.3, -0.25) is 4.68 Å². The van der Waals surface area contributed by atoms with E-state index in [1.807, 2.05) is 14.0 Å². The number of aliphatic hydroxyl groups excluding tert-OH is 1. The molecule has 1 N–H and O–H groups in total. The second-order valence-electron chi connectivity index (χ2n) is 6.15. The molecule has 1 saturated carbocycles. The van der Waals surface area contributed by atoms with Crippen LogP contribution in [0.15, 0.2) is 0 Å². The first-order valence-electron chi connectivity index (χ1n) is 7.31. The molecule has 1 fully saturated rings. The summed E-state index contributed by atoms with van der Waals surface area (Å²) in [5.41, 5.74) is 1.38. The lowest BCUT2D eigenvalue weighted by Crippen LogP contribution is -2.48. The highest BCUT2D eigenvalue weighted by molar-refractivity contribution is 6.30. The van der Waals surface area contributed by atoms with Crippen LogP contribution in [0.2, 0.25) is 5.15 Å². The summed E-state index contributed by atoms with van der Waals surface area (Å²) in [4.78, 5) is 0. The third-order valence-corrected chi connectivity index (χ3v) is 5.27. The van der Waals surface area contributed by atoms with Crippen LogP contribution in [-0.2, 0) is 18.2 Å². The molecule has 0 spiro atoms. The van der Waals surface area contributed by atoms with Crippen molar-refractivity contribution in [1.29, 1.82) is 0 Å². The number of hydrogen-bond donors (Lipinski definition) is 1. The predicted molar refractivity (Wildman–Crippen MR) is 80.0 cm³/mol. The van der Waals surface area contributed by atoms with Gasteiger partial charge in [0.25, 0.3) is 0 Å². The Bertz CT molecular complexity index is 465. The molecule has 2 rings (SSSR count). The van der Waals surface area contributed by atoms with Gasteiger partial charge in [0.05, 0.1) is 17.4 Å². The van der Waals surface area contributed by atoms with E-state index in [0.29, 0.717) is 17.5 Å². The average molecular weight is 301 g/mol. The summed E-state index contributed by atoms with van der Waals surface area (Å²) in [5, 5.41) is 15.6. The molecule has 20 heavy (non-hydrogen) atoms. The van der Waals surface area contributed by atoms with Crippen LogP contribution in [0.25, 0.3) is 0 Å². The van der Waals surface area contributed by atoms with Crippen LogP contribution in [-0.4, -0.2) is 33.7 Å². The van der Waals surface area contributed by atoms with E-state index in [-0.39, 0.29) is 0 Å². The zero-order valence-electron chi connectivity index (χ0n) is 12.8. The molecule has 1 aromatic rings. The van der Waals surface area contributed by atoms with E-state index in [2.05, 4.69) is 12.0 Å². The Kier molecular flexibility index (Phi) is 4.77. The van der Waals surface area contributed by atoms with Gasteiger partial charge in [-0.2, -0.15) is 5.10 Å². The summed E-state index contributed by atoms with van der Waals surface area (Å²) in [6.07, 6.45) is 3.97. The van der Waals surface area contributed by atoms with Gasteiger partial charge in [0, 0.05) is 26.1 Å². The molecule has 0 saturated heterocycles. The second kappa shape index (κ2) is 6.04.